The van der Waals surface area contributed by atoms with Crippen molar-refractivity contribution in [3.05, 3.63) is 64.7 Å². The second-order valence-corrected chi connectivity index (χ2v) is 7.79. The van der Waals surface area contributed by atoms with Crippen LogP contribution < -0.4 is 10.1 Å². The average molecular weight is 389 g/mol. The molecule has 1 unspecified atom stereocenters. The summed E-state index contributed by atoms with van der Waals surface area (Å²) in [7, 11) is 0. The van der Waals surface area contributed by atoms with Crippen molar-refractivity contribution < 1.29 is 14.1 Å². The first-order valence-corrected chi connectivity index (χ1v) is 10.2. The van der Waals surface area contributed by atoms with Crippen molar-refractivity contribution in [1.29, 1.82) is 0 Å². The Morgan fingerprint density at radius 3 is 3.03 bits per heavy atom. The molecule has 0 saturated carbocycles. The number of nitrogens with zero attached hydrogens (tertiary/aromatic N) is 2. The molecule has 3 aromatic rings. The van der Waals surface area contributed by atoms with Gasteiger partial charge in [0.25, 0.3) is 5.91 Å². The summed E-state index contributed by atoms with van der Waals surface area (Å²) in [4.78, 5) is 17.1. The highest BCUT2D eigenvalue weighted by Crippen LogP contribution is 2.33. The first kappa shape index (κ1) is 17.9. The molecule has 6 heteroatoms. The van der Waals surface area contributed by atoms with E-state index in [0.29, 0.717) is 12.3 Å². The summed E-state index contributed by atoms with van der Waals surface area (Å²) in [6.07, 6.45) is 6.42. The van der Waals surface area contributed by atoms with Gasteiger partial charge in [0.05, 0.1) is 17.9 Å². The predicted molar refractivity (Wildman–Crippen MR) is 108 cm³/mol. The molecule has 1 N–H and O–H groups in total. The van der Waals surface area contributed by atoms with Crippen molar-refractivity contribution >= 4 is 5.91 Å². The number of fused-ring (bicyclic) bond motifs is 2. The molecule has 0 radical (unpaired) electrons. The van der Waals surface area contributed by atoms with E-state index in [9.17, 15) is 4.79 Å². The van der Waals surface area contributed by atoms with Crippen molar-refractivity contribution in [2.45, 2.75) is 45.1 Å². The number of hydrogen-bond acceptors (Lipinski definition) is 5. The maximum atomic E-state index is 12.6. The number of carbonyl (C=O) groups is 1. The lowest BCUT2D eigenvalue weighted by atomic mass is 9.96. The highest BCUT2D eigenvalue weighted by molar-refractivity contribution is 5.93. The quantitative estimate of drug-likeness (QED) is 0.737. The van der Waals surface area contributed by atoms with Gasteiger partial charge in [0.15, 0.2) is 0 Å². The maximum Gasteiger partial charge on any atom is 0.290 e. The Morgan fingerprint density at radius 2 is 2.14 bits per heavy atom. The summed E-state index contributed by atoms with van der Waals surface area (Å²) in [6, 6.07) is 10.2. The molecule has 3 heterocycles. The molecule has 2 aromatic heterocycles. The van der Waals surface area contributed by atoms with Gasteiger partial charge in [0, 0.05) is 23.7 Å². The van der Waals surface area contributed by atoms with Gasteiger partial charge in [-0.05, 0) is 68.0 Å². The molecule has 0 saturated heterocycles. The van der Waals surface area contributed by atoms with Gasteiger partial charge in [-0.1, -0.05) is 11.2 Å². The lowest BCUT2D eigenvalue weighted by Gasteiger charge is -2.12. The van der Waals surface area contributed by atoms with Gasteiger partial charge < -0.3 is 14.6 Å². The van der Waals surface area contributed by atoms with E-state index in [1.165, 1.54) is 0 Å². The molecule has 148 valence electrons. The van der Waals surface area contributed by atoms with Crippen molar-refractivity contribution in [1.82, 2.24) is 15.5 Å². The van der Waals surface area contributed by atoms with E-state index in [1.807, 2.05) is 24.4 Å². The number of carbonyl (C=O) groups excluding carboxylic acids is 1. The van der Waals surface area contributed by atoms with Gasteiger partial charge in [0.1, 0.15) is 11.9 Å². The molecule has 0 bridgehead atoms. The molecule has 6 nitrogen and oxygen atoms in total. The Bertz CT molecular complexity index is 1070. The minimum atomic E-state index is -0.204. The SMILES string of the molecule is Cc1cccnc1-c1ccc2c(c1)CC(CNC(=O)c1onc3c1CCCC3)O2. The lowest BCUT2D eigenvalue weighted by molar-refractivity contribution is 0.0895. The van der Waals surface area contributed by atoms with E-state index in [0.717, 1.165) is 71.5 Å². The number of aromatic nitrogens is 2. The molecule has 1 atom stereocenters. The summed E-state index contributed by atoms with van der Waals surface area (Å²) in [5.74, 6) is 1.03. The Hall–Kier alpha value is -3.15. The van der Waals surface area contributed by atoms with Gasteiger partial charge in [-0.25, -0.2) is 0 Å². The summed E-state index contributed by atoms with van der Waals surface area (Å²) in [5, 5.41) is 7.02. The minimum Gasteiger partial charge on any atom is -0.488 e. The number of nitrogens with one attached hydrogen (secondary N) is 1. The fourth-order valence-corrected chi connectivity index (χ4v) is 4.23. The van der Waals surface area contributed by atoms with E-state index in [4.69, 9.17) is 9.26 Å². The van der Waals surface area contributed by atoms with Crippen LogP contribution in [0, 0.1) is 6.92 Å². The van der Waals surface area contributed by atoms with Gasteiger partial charge in [0.2, 0.25) is 5.76 Å². The van der Waals surface area contributed by atoms with Gasteiger partial charge in [-0.3, -0.25) is 9.78 Å². The molecule has 2 aliphatic rings. The van der Waals surface area contributed by atoms with Crippen LogP contribution >= 0.6 is 0 Å². The summed E-state index contributed by atoms with van der Waals surface area (Å²) < 4.78 is 11.3. The third kappa shape index (κ3) is 3.39. The Labute approximate surface area is 169 Å². The molecule has 1 aliphatic heterocycles. The predicted octanol–water partition coefficient (Wildman–Crippen LogP) is 3.66. The molecular weight excluding hydrogens is 366 g/mol. The zero-order valence-corrected chi connectivity index (χ0v) is 16.4. The normalized spacial score (nSPS) is 17.3. The van der Waals surface area contributed by atoms with Crippen LogP contribution in [0.5, 0.6) is 5.75 Å². The summed E-state index contributed by atoms with van der Waals surface area (Å²) in [5.41, 5.74) is 6.27. The van der Waals surface area contributed by atoms with Crippen molar-refractivity contribution in [2.75, 3.05) is 6.54 Å². The monoisotopic (exact) mass is 389 g/mol. The van der Waals surface area contributed by atoms with E-state index >= 15 is 0 Å². The van der Waals surface area contributed by atoms with Crippen LogP contribution in [-0.4, -0.2) is 28.7 Å². The Kier molecular flexibility index (Phi) is 4.54. The van der Waals surface area contributed by atoms with Crippen LogP contribution in [0.4, 0.5) is 0 Å². The van der Waals surface area contributed by atoms with Gasteiger partial charge >= 0.3 is 0 Å². The van der Waals surface area contributed by atoms with E-state index in [-0.39, 0.29) is 12.0 Å². The first-order valence-electron chi connectivity index (χ1n) is 10.2. The number of pyridine rings is 1. The van der Waals surface area contributed by atoms with E-state index in [2.05, 4.69) is 34.5 Å². The van der Waals surface area contributed by atoms with E-state index in [1.54, 1.807) is 0 Å². The molecule has 1 aliphatic carbocycles. The fourth-order valence-electron chi connectivity index (χ4n) is 4.23. The lowest BCUT2D eigenvalue weighted by Crippen LogP contribution is -2.34. The topological polar surface area (TPSA) is 77.3 Å². The second kappa shape index (κ2) is 7.35. The highest BCUT2D eigenvalue weighted by atomic mass is 16.5. The number of aryl methyl sites for hydroxylation is 2. The third-order valence-electron chi connectivity index (χ3n) is 5.74. The first-order chi connectivity index (χ1) is 14.2. The standard InChI is InChI=1S/C23H23N3O3/c1-14-5-4-10-24-21(14)15-8-9-20-16(11-15)12-17(28-20)13-25-23(27)22-18-6-2-3-7-19(18)26-29-22/h4-5,8-11,17H,2-3,6-7,12-13H2,1H3,(H,25,27). The third-order valence-corrected chi connectivity index (χ3v) is 5.74. The summed E-state index contributed by atoms with van der Waals surface area (Å²) in [6.45, 7) is 2.49. The van der Waals surface area contributed by atoms with Crippen LogP contribution in [-0.2, 0) is 19.3 Å². The molecule has 0 spiro atoms. The van der Waals surface area contributed by atoms with Crippen LogP contribution in [0.25, 0.3) is 11.3 Å². The van der Waals surface area contributed by atoms with Crippen molar-refractivity contribution in [2.24, 2.45) is 0 Å². The number of amides is 1. The molecule has 5 rings (SSSR count). The summed E-state index contributed by atoms with van der Waals surface area (Å²) >= 11 is 0. The molecular formula is C23H23N3O3. The minimum absolute atomic E-state index is 0.0900. The fraction of sp³-hybridized carbons (Fsp3) is 0.348. The average Bonchev–Trinajstić information content (AvgIpc) is 3.35. The number of rotatable bonds is 4. The van der Waals surface area contributed by atoms with Crippen LogP contribution in [0.1, 0.15) is 45.8 Å². The number of benzene rings is 1. The van der Waals surface area contributed by atoms with Crippen LogP contribution in [0.3, 0.4) is 0 Å². The molecule has 0 fully saturated rings. The number of ether oxygens (including phenoxy) is 1. The molecule has 1 amide bonds. The molecule has 29 heavy (non-hydrogen) atoms. The van der Waals surface area contributed by atoms with Crippen LogP contribution in [0.15, 0.2) is 41.1 Å². The highest BCUT2D eigenvalue weighted by Gasteiger charge is 2.27. The van der Waals surface area contributed by atoms with Crippen molar-refractivity contribution in [3.63, 3.8) is 0 Å². The maximum absolute atomic E-state index is 12.6. The largest absolute Gasteiger partial charge is 0.488 e. The van der Waals surface area contributed by atoms with Crippen LogP contribution in [0.2, 0.25) is 0 Å². The smallest absolute Gasteiger partial charge is 0.290 e. The van der Waals surface area contributed by atoms with Gasteiger partial charge in [-0.15, -0.1) is 0 Å². The Balaban J connectivity index is 1.25. The van der Waals surface area contributed by atoms with Crippen molar-refractivity contribution in [3.8, 4) is 17.0 Å². The molecule has 1 aromatic carbocycles. The Morgan fingerprint density at radius 1 is 1.24 bits per heavy atom. The number of hydrogen-bond donors (Lipinski definition) is 1. The second-order valence-electron chi connectivity index (χ2n) is 7.79. The van der Waals surface area contributed by atoms with E-state index < -0.39 is 0 Å². The zero-order valence-electron chi connectivity index (χ0n) is 16.4. The zero-order chi connectivity index (χ0) is 19.8. The van der Waals surface area contributed by atoms with Gasteiger partial charge in [-0.2, -0.15) is 0 Å².